The summed E-state index contributed by atoms with van der Waals surface area (Å²) in [7, 11) is 1.28. The number of carbonyl (C=O) groups is 1. The third-order valence-corrected chi connectivity index (χ3v) is 2.89. The zero-order valence-electron chi connectivity index (χ0n) is 12.2. The number of aromatic nitrogens is 4. The second-order valence-corrected chi connectivity index (χ2v) is 4.42. The minimum atomic E-state index is -0.613. The van der Waals surface area contributed by atoms with Crippen molar-refractivity contribution in [3.05, 3.63) is 34.3 Å². The lowest BCUT2D eigenvalue weighted by molar-refractivity contribution is -0.385. The van der Waals surface area contributed by atoms with Crippen molar-refractivity contribution in [1.82, 2.24) is 24.9 Å². The summed E-state index contributed by atoms with van der Waals surface area (Å²) in [6, 6.07) is 1.81. The Morgan fingerprint density at radius 1 is 1.45 bits per heavy atom. The number of ether oxygens (including phenoxy) is 1. The monoisotopic (exact) mass is 308 g/mol. The summed E-state index contributed by atoms with van der Waals surface area (Å²) >= 11 is 0. The molecule has 0 saturated heterocycles. The van der Waals surface area contributed by atoms with E-state index in [9.17, 15) is 14.9 Å². The Labute approximate surface area is 125 Å². The number of nitrogens with zero attached hydrogens (tertiary/aromatic N) is 5. The fourth-order valence-electron chi connectivity index (χ4n) is 1.81. The number of rotatable bonds is 7. The average Bonchev–Trinajstić information content (AvgIpc) is 3.11. The predicted molar refractivity (Wildman–Crippen MR) is 75.2 cm³/mol. The van der Waals surface area contributed by atoms with Crippen LogP contribution in [0.15, 0.2) is 18.5 Å². The van der Waals surface area contributed by atoms with Crippen LogP contribution in [0.4, 0.5) is 5.69 Å². The van der Waals surface area contributed by atoms with Gasteiger partial charge in [0.2, 0.25) is 5.91 Å². The molecule has 22 heavy (non-hydrogen) atoms. The van der Waals surface area contributed by atoms with Gasteiger partial charge in [-0.05, 0) is 13.0 Å². The first-order chi connectivity index (χ1) is 10.5. The number of hydrogen-bond donors (Lipinski definition) is 1. The molecule has 1 amide bonds. The Hall–Kier alpha value is -2.91. The third kappa shape index (κ3) is 3.59. The van der Waals surface area contributed by atoms with Crippen LogP contribution >= 0.6 is 0 Å². The van der Waals surface area contributed by atoms with Crippen LogP contribution < -0.4 is 10.1 Å². The number of amides is 1. The van der Waals surface area contributed by atoms with Crippen molar-refractivity contribution in [3.8, 4) is 5.88 Å². The van der Waals surface area contributed by atoms with Gasteiger partial charge in [0.25, 0.3) is 0 Å². The zero-order valence-corrected chi connectivity index (χ0v) is 12.2. The molecule has 0 aliphatic heterocycles. The predicted octanol–water partition coefficient (Wildman–Crippen LogP) is 0.333. The lowest BCUT2D eigenvalue weighted by Gasteiger charge is -2.03. The summed E-state index contributed by atoms with van der Waals surface area (Å²) < 4.78 is 7.71. The van der Waals surface area contributed by atoms with Gasteiger partial charge in [-0.1, -0.05) is 0 Å². The fourth-order valence-corrected chi connectivity index (χ4v) is 1.81. The normalized spacial score (nSPS) is 10.5. The maximum Gasteiger partial charge on any atom is 0.350 e. The molecule has 10 nitrogen and oxygen atoms in total. The van der Waals surface area contributed by atoms with Crippen molar-refractivity contribution in [3.63, 3.8) is 0 Å². The van der Waals surface area contributed by atoms with E-state index >= 15 is 0 Å². The Balaban J connectivity index is 1.93. The van der Waals surface area contributed by atoms with Crippen LogP contribution in [0, 0.1) is 10.1 Å². The molecule has 2 rings (SSSR count). The van der Waals surface area contributed by atoms with E-state index in [1.165, 1.54) is 7.11 Å². The van der Waals surface area contributed by atoms with Gasteiger partial charge >= 0.3 is 11.6 Å². The summed E-state index contributed by atoms with van der Waals surface area (Å²) in [4.78, 5) is 22.0. The van der Waals surface area contributed by atoms with E-state index in [2.05, 4.69) is 15.5 Å². The molecule has 0 aliphatic rings. The quantitative estimate of drug-likeness (QED) is 0.582. The van der Waals surface area contributed by atoms with Crippen LogP contribution in [0.25, 0.3) is 0 Å². The summed E-state index contributed by atoms with van der Waals surface area (Å²) in [5.41, 5.74) is 0.455. The minimum absolute atomic E-state index is 0.125. The van der Waals surface area contributed by atoms with Crippen molar-refractivity contribution in [2.45, 2.75) is 26.6 Å². The van der Waals surface area contributed by atoms with Gasteiger partial charge in [0.05, 0.1) is 24.3 Å². The van der Waals surface area contributed by atoms with Gasteiger partial charge < -0.3 is 10.1 Å². The number of methoxy groups -OCH3 is 1. The Bertz CT molecular complexity index is 677. The molecule has 2 aromatic rings. The Kier molecular flexibility index (Phi) is 4.71. The molecule has 0 aliphatic carbocycles. The van der Waals surface area contributed by atoms with Gasteiger partial charge in [-0.15, -0.1) is 5.10 Å². The Morgan fingerprint density at radius 2 is 2.23 bits per heavy atom. The molecule has 1 N–H and O–H groups in total. The number of aryl methyl sites for hydroxylation is 1. The van der Waals surface area contributed by atoms with E-state index in [0.29, 0.717) is 0 Å². The number of nitro groups is 1. The van der Waals surface area contributed by atoms with Gasteiger partial charge in [0, 0.05) is 12.7 Å². The van der Waals surface area contributed by atoms with E-state index in [1.54, 1.807) is 4.68 Å². The number of carbonyl (C=O) groups excluding carboxylic acids is 1. The molecule has 118 valence electrons. The van der Waals surface area contributed by atoms with Crippen LogP contribution in [-0.4, -0.2) is 37.5 Å². The molecule has 0 spiro atoms. The van der Waals surface area contributed by atoms with E-state index in [0.717, 1.165) is 23.1 Å². The first-order valence-corrected chi connectivity index (χ1v) is 6.58. The second-order valence-electron chi connectivity index (χ2n) is 4.42. The Morgan fingerprint density at radius 3 is 2.77 bits per heavy atom. The molecular formula is C12H16N6O4. The van der Waals surface area contributed by atoms with Crippen LogP contribution in [0.2, 0.25) is 0 Å². The van der Waals surface area contributed by atoms with Gasteiger partial charge in [0.1, 0.15) is 12.7 Å². The van der Waals surface area contributed by atoms with Crippen LogP contribution in [0.3, 0.4) is 0 Å². The summed E-state index contributed by atoms with van der Waals surface area (Å²) in [6.45, 7) is 2.86. The number of hydrogen-bond acceptors (Lipinski definition) is 6. The maximum atomic E-state index is 11.8. The molecule has 10 heteroatoms. The largest absolute Gasteiger partial charge is 0.475 e. The summed E-state index contributed by atoms with van der Waals surface area (Å²) in [6.07, 6.45) is 2.98. The van der Waals surface area contributed by atoms with Gasteiger partial charge in [0.15, 0.2) is 0 Å². The highest BCUT2D eigenvalue weighted by molar-refractivity contribution is 5.75. The van der Waals surface area contributed by atoms with Crippen LogP contribution in [-0.2, 0) is 24.4 Å². The lowest BCUT2D eigenvalue weighted by Crippen LogP contribution is -2.27. The minimum Gasteiger partial charge on any atom is -0.475 e. The molecule has 0 fully saturated rings. The molecule has 0 radical (unpaired) electrons. The second kappa shape index (κ2) is 6.70. The van der Waals surface area contributed by atoms with Crippen molar-refractivity contribution in [2.75, 3.05) is 7.11 Å². The van der Waals surface area contributed by atoms with E-state index in [1.807, 2.05) is 19.2 Å². The standard InChI is InChI=1S/C12H16N6O4/c1-3-16-5-4-9(14-16)6-13-11(19)8-17-7-10(18(20)21)12(15-17)22-2/h4-5,7H,3,6,8H2,1-2H3,(H,13,19). The highest BCUT2D eigenvalue weighted by atomic mass is 16.6. The van der Waals surface area contributed by atoms with Gasteiger partial charge in [-0.2, -0.15) is 5.10 Å². The van der Waals surface area contributed by atoms with E-state index in [-0.39, 0.29) is 30.6 Å². The van der Waals surface area contributed by atoms with Crippen molar-refractivity contribution in [1.29, 1.82) is 0 Å². The van der Waals surface area contributed by atoms with Crippen molar-refractivity contribution >= 4 is 11.6 Å². The molecule has 0 aromatic carbocycles. The molecular weight excluding hydrogens is 292 g/mol. The summed E-state index contributed by atoms with van der Waals surface area (Å²) in [5.74, 6) is -0.453. The smallest absolute Gasteiger partial charge is 0.350 e. The topological polar surface area (TPSA) is 117 Å². The molecule has 0 saturated carbocycles. The van der Waals surface area contributed by atoms with Crippen molar-refractivity contribution < 1.29 is 14.5 Å². The fraction of sp³-hybridized carbons (Fsp3) is 0.417. The van der Waals surface area contributed by atoms with E-state index in [4.69, 9.17) is 4.74 Å². The average molecular weight is 308 g/mol. The van der Waals surface area contributed by atoms with Crippen molar-refractivity contribution in [2.24, 2.45) is 0 Å². The summed E-state index contributed by atoms with van der Waals surface area (Å²) in [5, 5.41) is 21.5. The highest BCUT2D eigenvalue weighted by Gasteiger charge is 2.21. The van der Waals surface area contributed by atoms with E-state index < -0.39 is 4.92 Å². The molecule has 0 unspecified atom stereocenters. The van der Waals surface area contributed by atoms with Gasteiger partial charge in [-0.3, -0.25) is 24.3 Å². The van der Waals surface area contributed by atoms with Crippen LogP contribution in [0.5, 0.6) is 5.88 Å². The zero-order chi connectivity index (χ0) is 16.1. The van der Waals surface area contributed by atoms with Crippen LogP contribution in [0.1, 0.15) is 12.6 Å². The SMILES string of the molecule is CCn1ccc(CNC(=O)Cn2cc([N+](=O)[O-])c(OC)n2)n1. The lowest BCUT2D eigenvalue weighted by atomic mass is 10.4. The first kappa shape index (κ1) is 15.5. The maximum absolute atomic E-state index is 11.8. The molecule has 0 bridgehead atoms. The molecule has 2 heterocycles. The third-order valence-electron chi connectivity index (χ3n) is 2.89. The first-order valence-electron chi connectivity index (χ1n) is 6.58. The van der Waals surface area contributed by atoms with Gasteiger partial charge in [-0.25, -0.2) is 0 Å². The highest BCUT2D eigenvalue weighted by Crippen LogP contribution is 2.23. The number of nitrogens with one attached hydrogen (secondary N) is 1. The molecule has 2 aromatic heterocycles. The molecule has 0 atom stereocenters.